The molecule has 2 aromatic carbocycles. The van der Waals surface area contributed by atoms with Crippen LogP contribution in [0.25, 0.3) is 6.08 Å². The molecule has 0 aromatic heterocycles. The van der Waals surface area contributed by atoms with Gasteiger partial charge in [-0.05, 0) is 48.0 Å². The van der Waals surface area contributed by atoms with Gasteiger partial charge in [0.25, 0.3) is 10.0 Å². The predicted octanol–water partition coefficient (Wildman–Crippen LogP) is 1.23. The fourth-order valence-electron chi connectivity index (χ4n) is 1.85. The highest BCUT2D eigenvalue weighted by Gasteiger charge is 2.14. The molecule has 0 aliphatic heterocycles. The topological polar surface area (TPSA) is 144 Å². The largest absolute Gasteiger partial charge is 0.478 e. The number of rotatable bonds is 6. The van der Waals surface area contributed by atoms with Crippen molar-refractivity contribution in [3.8, 4) is 0 Å². The quantitative estimate of drug-likeness (QED) is 0.641. The van der Waals surface area contributed by atoms with Crippen LogP contribution in [-0.4, -0.2) is 27.9 Å². The molecule has 0 amide bonds. The van der Waals surface area contributed by atoms with Crippen molar-refractivity contribution < 1.29 is 26.7 Å². The first-order valence-corrected chi connectivity index (χ1v) is 9.78. The van der Waals surface area contributed by atoms with E-state index in [1.54, 1.807) is 0 Å². The third-order valence-corrected chi connectivity index (χ3v) is 5.37. The number of carboxylic acids is 1. The summed E-state index contributed by atoms with van der Waals surface area (Å²) in [7, 11) is -7.74. The molecule has 25 heavy (non-hydrogen) atoms. The Morgan fingerprint density at radius 2 is 1.44 bits per heavy atom. The number of hydrogen-bond donors (Lipinski definition) is 3. The van der Waals surface area contributed by atoms with Crippen LogP contribution in [0.3, 0.4) is 0 Å². The highest BCUT2D eigenvalue weighted by atomic mass is 32.2. The molecule has 0 heterocycles. The number of sulfonamides is 2. The first-order valence-electron chi connectivity index (χ1n) is 6.75. The van der Waals surface area contributed by atoms with Crippen molar-refractivity contribution in [1.82, 2.24) is 0 Å². The van der Waals surface area contributed by atoms with Gasteiger partial charge in [0, 0.05) is 11.8 Å². The first-order chi connectivity index (χ1) is 11.6. The number of nitrogens with one attached hydrogen (secondary N) is 1. The summed E-state index contributed by atoms with van der Waals surface area (Å²) in [5.41, 5.74) is 0.695. The van der Waals surface area contributed by atoms with Gasteiger partial charge in [0.2, 0.25) is 10.0 Å². The van der Waals surface area contributed by atoms with Crippen LogP contribution in [0, 0.1) is 0 Å². The number of aliphatic carboxylic acids is 1. The summed E-state index contributed by atoms with van der Waals surface area (Å²) in [5.74, 6) is -1.11. The monoisotopic (exact) mass is 382 g/mol. The van der Waals surface area contributed by atoms with Gasteiger partial charge in [-0.25, -0.2) is 26.8 Å². The average Bonchev–Trinajstić information content (AvgIpc) is 2.52. The van der Waals surface area contributed by atoms with Crippen LogP contribution < -0.4 is 9.86 Å². The zero-order valence-electron chi connectivity index (χ0n) is 12.7. The van der Waals surface area contributed by atoms with E-state index in [9.17, 15) is 21.6 Å². The van der Waals surface area contributed by atoms with Gasteiger partial charge >= 0.3 is 5.97 Å². The number of anilines is 1. The maximum Gasteiger partial charge on any atom is 0.328 e. The number of primary sulfonamides is 1. The lowest BCUT2D eigenvalue weighted by Gasteiger charge is -2.09. The van der Waals surface area contributed by atoms with Crippen LogP contribution in [0.2, 0.25) is 0 Å². The molecule has 2 rings (SSSR count). The zero-order chi connectivity index (χ0) is 18.7. The minimum Gasteiger partial charge on any atom is -0.478 e. The Morgan fingerprint density at radius 1 is 0.920 bits per heavy atom. The lowest BCUT2D eigenvalue weighted by molar-refractivity contribution is -0.131. The number of benzene rings is 2. The highest BCUT2D eigenvalue weighted by molar-refractivity contribution is 7.92. The van der Waals surface area contributed by atoms with Crippen LogP contribution in [-0.2, 0) is 24.8 Å². The standard InChI is InChI=1S/C15H14N2O6S2/c16-24(20,21)13-8-4-12(5-9-13)17-25(22,23)14-6-1-11(2-7-14)3-10-15(18)19/h1-10,17H,(H,18,19)(H2,16,20,21). The van der Waals surface area contributed by atoms with Crippen molar-refractivity contribution in [3.63, 3.8) is 0 Å². The maximum atomic E-state index is 12.3. The summed E-state index contributed by atoms with van der Waals surface area (Å²) in [6.45, 7) is 0. The molecular weight excluding hydrogens is 368 g/mol. The van der Waals surface area contributed by atoms with E-state index in [2.05, 4.69) is 4.72 Å². The van der Waals surface area contributed by atoms with Gasteiger partial charge in [-0.1, -0.05) is 12.1 Å². The number of nitrogens with two attached hydrogens (primary N) is 1. The smallest absolute Gasteiger partial charge is 0.328 e. The predicted molar refractivity (Wildman–Crippen MR) is 91.7 cm³/mol. The van der Waals surface area contributed by atoms with E-state index in [0.29, 0.717) is 5.56 Å². The average molecular weight is 382 g/mol. The van der Waals surface area contributed by atoms with Gasteiger partial charge < -0.3 is 5.11 Å². The van der Waals surface area contributed by atoms with Gasteiger partial charge in [0.1, 0.15) is 0 Å². The van der Waals surface area contributed by atoms with E-state index < -0.39 is 26.0 Å². The van der Waals surface area contributed by atoms with Crippen LogP contribution in [0.5, 0.6) is 0 Å². The molecule has 0 saturated carbocycles. The Balaban J connectivity index is 2.20. The summed E-state index contributed by atoms with van der Waals surface area (Å²) < 4.78 is 49.2. The zero-order valence-corrected chi connectivity index (χ0v) is 14.3. The molecule has 0 unspecified atom stereocenters. The molecule has 0 spiro atoms. The summed E-state index contributed by atoms with van der Waals surface area (Å²) in [4.78, 5) is 10.3. The third kappa shape index (κ3) is 5.14. The SMILES string of the molecule is NS(=O)(=O)c1ccc(NS(=O)(=O)c2ccc(C=CC(=O)O)cc2)cc1. The van der Waals surface area contributed by atoms with Crippen LogP contribution in [0.1, 0.15) is 5.56 Å². The molecule has 0 radical (unpaired) electrons. The van der Waals surface area contributed by atoms with Crippen molar-refractivity contribution in [2.75, 3.05) is 4.72 Å². The molecule has 0 bridgehead atoms. The molecule has 4 N–H and O–H groups in total. The van der Waals surface area contributed by atoms with Gasteiger partial charge in [-0.3, -0.25) is 4.72 Å². The normalized spacial score (nSPS) is 12.2. The maximum absolute atomic E-state index is 12.3. The van der Waals surface area contributed by atoms with E-state index >= 15 is 0 Å². The Kier molecular flexibility index (Phi) is 5.26. The Bertz CT molecular complexity index is 1010. The van der Waals surface area contributed by atoms with Crippen LogP contribution in [0.4, 0.5) is 5.69 Å². The molecule has 0 aliphatic rings. The summed E-state index contributed by atoms with van der Waals surface area (Å²) in [6, 6.07) is 10.5. The molecule has 0 atom stereocenters. The lowest BCUT2D eigenvalue weighted by Crippen LogP contribution is -2.14. The molecule has 2 aromatic rings. The Labute approximate surface area is 144 Å². The second kappa shape index (κ2) is 7.05. The van der Waals surface area contributed by atoms with E-state index in [4.69, 9.17) is 10.2 Å². The second-order valence-electron chi connectivity index (χ2n) is 4.92. The van der Waals surface area contributed by atoms with Crippen molar-refractivity contribution in [2.24, 2.45) is 5.14 Å². The van der Waals surface area contributed by atoms with Crippen LogP contribution >= 0.6 is 0 Å². The second-order valence-corrected chi connectivity index (χ2v) is 8.16. The third-order valence-electron chi connectivity index (χ3n) is 3.04. The first kappa shape index (κ1) is 18.6. The van der Waals surface area contributed by atoms with E-state index in [1.807, 2.05) is 0 Å². The van der Waals surface area contributed by atoms with Gasteiger partial charge in [0.15, 0.2) is 0 Å². The molecular formula is C15H14N2O6S2. The highest BCUT2D eigenvalue weighted by Crippen LogP contribution is 2.18. The fourth-order valence-corrected chi connectivity index (χ4v) is 3.43. The fraction of sp³-hybridized carbons (Fsp3) is 0. The minimum atomic E-state index is -3.88. The molecule has 8 nitrogen and oxygen atoms in total. The number of hydrogen-bond acceptors (Lipinski definition) is 5. The molecule has 0 fully saturated rings. The van der Waals surface area contributed by atoms with Crippen molar-refractivity contribution in [1.29, 1.82) is 0 Å². The van der Waals surface area contributed by atoms with E-state index in [1.165, 1.54) is 54.6 Å². The van der Waals surface area contributed by atoms with Crippen molar-refractivity contribution >= 4 is 37.8 Å². The lowest BCUT2D eigenvalue weighted by atomic mass is 10.2. The number of carbonyl (C=O) groups is 1. The Morgan fingerprint density at radius 3 is 1.92 bits per heavy atom. The van der Waals surface area contributed by atoms with Gasteiger partial charge in [-0.15, -0.1) is 0 Å². The number of carboxylic acid groups (broad SMARTS) is 1. The summed E-state index contributed by atoms with van der Waals surface area (Å²) in [6.07, 6.45) is 2.27. The Hall–Kier alpha value is -2.69. The summed E-state index contributed by atoms with van der Waals surface area (Å²) in [5, 5.41) is 13.5. The summed E-state index contributed by atoms with van der Waals surface area (Å²) >= 11 is 0. The van der Waals surface area contributed by atoms with Gasteiger partial charge in [-0.2, -0.15) is 0 Å². The molecule has 0 saturated heterocycles. The molecule has 0 aliphatic carbocycles. The van der Waals surface area contributed by atoms with Crippen molar-refractivity contribution in [3.05, 3.63) is 60.2 Å². The van der Waals surface area contributed by atoms with Gasteiger partial charge in [0.05, 0.1) is 9.79 Å². The van der Waals surface area contributed by atoms with Crippen LogP contribution in [0.15, 0.2) is 64.4 Å². The van der Waals surface area contributed by atoms with E-state index in [-0.39, 0.29) is 15.5 Å². The molecule has 10 heteroatoms. The minimum absolute atomic E-state index is 0.0319. The molecule has 132 valence electrons. The van der Waals surface area contributed by atoms with E-state index in [0.717, 1.165) is 6.08 Å². The van der Waals surface area contributed by atoms with Crippen molar-refractivity contribution in [2.45, 2.75) is 9.79 Å².